The summed E-state index contributed by atoms with van der Waals surface area (Å²) in [4.78, 5) is 49.8. The number of Topliss-reactive ketones (excluding diaryl/α,β-unsaturated/α-hetero) is 1. The highest BCUT2D eigenvalue weighted by Gasteiger charge is 2.37. The molecule has 1 heterocycles. The first-order chi connectivity index (χ1) is 13.3. The van der Waals surface area contributed by atoms with E-state index in [1.54, 1.807) is 6.07 Å². The van der Waals surface area contributed by atoms with Gasteiger partial charge in [-0.1, -0.05) is 11.8 Å². The average Bonchev–Trinajstić information content (AvgIpc) is 3.16. The van der Waals surface area contributed by atoms with E-state index < -0.39 is 29.0 Å². The Morgan fingerprint density at radius 3 is 2.50 bits per heavy atom. The lowest BCUT2D eigenvalue weighted by Crippen LogP contribution is -2.43. The lowest BCUT2D eigenvalue weighted by Gasteiger charge is -2.23. The van der Waals surface area contributed by atoms with Gasteiger partial charge in [-0.2, -0.15) is 0 Å². The Hall–Kier alpha value is -2.20. The van der Waals surface area contributed by atoms with Crippen molar-refractivity contribution in [3.63, 3.8) is 0 Å². The van der Waals surface area contributed by atoms with Crippen molar-refractivity contribution in [1.82, 2.24) is 4.90 Å². The van der Waals surface area contributed by atoms with Gasteiger partial charge in [0.15, 0.2) is 22.4 Å². The molecule has 1 aromatic carbocycles. The minimum atomic E-state index is -1.08. The molecule has 0 bridgehead atoms. The smallest absolute Gasteiger partial charge is 0.327 e. The van der Waals surface area contributed by atoms with Gasteiger partial charge in [0.25, 0.3) is 0 Å². The molecule has 0 spiro atoms. The number of amides is 1. The van der Waals surface area contributed by atoms with Gasteiger partial charge in [-0.05, 0) is 18.2 Å². The molecule has 10 heteroatoms. The zero-order chi connectivity index (χ0) is 20.8. The molecule has 1 amide bonds. The standard InChI is InChI=1S/C18H21NO7S2/c1-10(20)28-15(7-16(21)19-9-27-8-12(19)18(23)24)17(22)11-4-5-13(25-2)14(6-11)26-3/h4-6,12,15H,7-9H2,1-3H3,(H,23,24)/t12-,15?/m0/s1. The first-order valence-corrected chi connectivity index (χ1v) is 10.3. The topological polar surface area (TPSA) is 110 Å². The van der Waals surface area contributed by atoms with Crippen LogP contribution in [0.15, 0.2) is 18.2 Å². The van der Waals surface area contributed by atoms with Crippen molar-refractivity contribution in [2.24, 2.45) is 0 Å². The van der Waals surface area contributed by atoms with Gasteiger partial charge >= 0.3 is 5.97 Å². The van der Waals surface area contributed by atoms with Crippen LogP contribution in [-0.4, -0.2) is 69.9 Å². The van der Waals surface area contributed by atoms with Gasteiger partial charge in [-0.25, -0.2) is 4.79 Å². The second kappa shape index (κ2) is 9.83. The minimum absolute atomic E-state index is 0.248. The number of aliphatic carboxylic acids is 1. The van der Waals surface area contributed by atoms with Gasteiger partial charge in [-0.15, -0.1) is 11.8 Å². The fraction of sp³-hybridized carbons (Fsp3) is 0.444. The number of methoxy groups -OCH3 is 2. The highest BCUT2D eigenvalue weighted by atomic mass is 32.2. The summed E-state index contributed by atoms with van der Waals surface area (Å²) in [6.07, 6.45) is -0.262. The lowest BCUT2D eigenvalue weighted by molar-refractivity contribution is -0.147. The predicted molar refractivity (Wildman–Crippen MR) is 106 cm³/mol. The molecular formula is C18H21NO7S2. The lowest BCUT2D eigenvalue weighted by atomic mass is 10.0. The maximum Gasteiger partial charge on any atom is 0.327 e. The van der Waals surface area contributed by atoms with Gasteiger partial charge in [0.2, 0.25) is 5.91 Å². The molecule has 2 rings (SSSR count). The van der Waals surface area contributed by atoms with Crippen molar-refractivity contribution in [2.75, 3.05) is 25.8 Å². The van der Waals surface area contributed by atoms with Crippen LogP contribution in [0.4, 0.5) is 0 Å². The van der Waals surface area contributed by atoms with E-state index in [0.29, 0.717) is 17.3 Å². The van der Waals surface area contributed by atoms with Crippen LogP contribution in [0.2, 0.25) is 0 Å². The first kappa shape index (κ1) is 22.1. The molecule has 1 aliphatic heterocycles. The van der Waals surface area contributed by atoms with E-state index in [4.69, 9.17) is 9.47 Å². The van der Waals surface area contributed by atoms with E-state index in [0.717, 1.165) is 11.8 Å². The van der Waals surface area contributed by atoms with Crippen molar-refractivity contribution in [2.45, 2.75) is 24.6 Å². The fourth-order valence-electron chi connectivity index (χ4n) is 2.73. The molecule has 2 atom stereocenters. The third-order valence-electron chi connectivity index (χ3n) is 4.12. The molecule has 1 N–H and O–H groups in total. The van der Waals surface area contributed by atoms with Crippen molar-refractivity contribution in [1.29, 1.82) is 0 Å². The summed E-state index contributed by atoms with van der Waals surface area (Å²) >= 11 is 2.10. The summed E-state index contributed by atoms with van der Waals surface area (Å²) in [6, 6.07) is 3.68. The van der Waals surface area contributed by atoms with Crippen LogP contribution in [0.5, 0.6) is 11.5 Å². The summed E-state index contributed by atoms with van der Waals surface area (Å²) in [5, 5.41) is 7.98. The first-order valence-electron chi connectivity index (χ1n) is 8.32. The number of hydrogen-bond acceptors (Lipinski definition) is 8. The number of carboxylic acids is 1. The quantitative estimate of drug-likeness (QED) is 0.622. The van der Waals surface area contributed by atoms with Crippen molar-refractivity contribution in [3.05, 3.63) is 23.8 Å². The largest absolute Gasteiger partial charge is 0.493 e. The molecule has 28 heavy (non-hydrogen) atoms. The van der Waals surface area contributed by atoms with Crippen molar-refractivity contribution >= 4 is 46.3 Å². The van der Waals surface area contributed by atoms with Crippen LogP contribution < -0.4 is 9.47 Å². The van der Waals surface area contributed by atoms with Crippen molar-refractivity contribution < 1.29 is 33.8 Å². The summed E-state index contributed by atoms with van der Waals surface area (Å²) in [7, 11) is 2.91. The number of nitrogens with zero attached hydrogens (tertiary/aromatic N) is 1. The van der Waals surface area contributed by atoms with E-state index in [1.807, 2.05) is 0 Å². The molecule has 1 aliphatic rings. The van der Waals surface area contributed by atoms with Crippen LogP contribution >= 0.6 is 23.5 Å². The van der Waals surface area contributed by atoms with Crippen LogP contribution in [-0.2, 0) is 14.4 Å². The molecule has 0 saturated carbocycles. The van der Waals surface area contributed by atoms with E-state index in [2.05, 4.69) is 0 Å². The number of hydrogen-bond donors (Lipinski definition) is 1. The molecule has 0 aliphatic carbocycles. The number of ketones is 1. The van der Waals surface area contributed by atoms with E-state index in [9.17, 15) is 24.3 Å². The number of carbonyl (C=O) groups is 4. The zero-order valence-electron chi connectivity index (χ0n) is 15.7. The van der Waals surface area contributed by atoms with E-state index in [-0.39, 0.29) is 23.0 Å². The third kappa shape index (κ3) is 5.20. The number of carboxylic acid groups (broad SMARTS) is 1. The second-order valence-electron chi connectivity index (χ2n) is 5.95. The highest BCUT2D eigenvalue weighted by Crippen LogP contribution is 2.31. The van der Waals surface area contributed by atoms with Gasteiger partial charge in [-0.3, -0.25) is 14.4 Å². The number of rotatable bonds is 8. The Balaban J connectivity index is 2.23. The molecule has 0 aromatic heterocycles. The Kier molecular flexibility index (Phi) is 7.76. The SMILES string of the molecule is COc1ccc(C(=O)C(CC(=O)N2CSC[C@H]2C(=O)O)SC(C)=O)cc1OC. The van der Waals surface area contributed by atoms with Gasteiger partial charge < -0.3 is 19.5 Å². The molecule has 152 valence electrons. The molecule has 0 radical (unpaired) electrons. The predicted octanol–water partition coefficient (Wildman–Crippen LogP) is 1.91. The van der Waals surface area contributed by atoms with Crippen molar-refractivity contribution in [3.8, 4) is 11.5 Å². The monoisotopic (exact) mass is 427 g/mol. The van der Waals surface area contributed by atoms with E-state index >= 15 is 0 Å². The van der Waals surface area contributed by atoms with Gasteiger partial charge in [0, 0.05) is 24.7 Å². The van der Waals surface area contributed by atoms with Gasteiger partial charge in [0.1, 0.15) is 6.04 Å². The maximum absolute atomic E-state index is 13.0. The summed E-state index contributed by atoms with van der Waals surface area (Å²) in [6.45, 7) is 1.32. The molecular weight excluding hydrogens is 406 g/mol. The summed E-state index contributed by atoms with van der Waals surface area (Å²) in [5.41, 5.74) is 0.273. The summed E-state index contributed by atoms with van der Waals surface area (Å²) in [5.74, 6) is -0.608. The average molecular weight is 428 g/mol. The van der Waals surface area contributed by atoms with Crippen LogP contribution in [0.3, 0.4) is 0 Å². The number of benzene rings is 1. The number of ether oxygens (including phenoxy) is 2. The molecule has 1 unspecified atom stereocenters. The Labute approximate surface area is 170 Å². The molecule has 1 saturated heterocycles. The molecule has 1 aromatic rings. The number of carbonyl (C=O) groups excluding carboxylic acids is 3. The Bertz CT molecular complexity index is 783. The van der Waals surface area contributed by atoms with Gasteiger partial charge in [0.05, 0.1) is 25.3 Å². The third-order valence-corrected chi connectivity index (χ3v) is 6.13. The highest BCUT2D eigenvalue weighted by molar-refractivity contribution is 8.14. The van der Waals surface area contributed by atoms with Crippen LogP contribution in [0.1, 0.15) is 23.7 Å². The Morgan fingerprint density at radius 1 is 1.25 bits per heavy atom. The van der Waals surface area contributed by atoms with E-state index in [1.165, 1.54) is 49.9 Å². The minimum Gasteiger partial charge on any atom is -0.493 e. The summed E-state index contributed by atoms with van der Waals surface area (Å²) < 4.78 is 10.3. The maximum atomic E-state index is 13.0. The fourth-order valence-corrected chi connectivity index (χ4v) is 4.77. The molecule has 1 fully saturated rings. The zero-order valence-corrected chi connectivity index (χ0v) is 17.3. The Morgan fingerprint density at radius 2 is 1.93 bits per heavy atom. The second-order valence-corrected chi connectivity index (χ2v) is 8.33. The van der Waals surface area contributed by atoms with Crippen LogP contribution in [0, 0.1) is 0 Å². The molecule has 8 nitrogen and oxygen atoms in total. The van der Waals surface area contributed by atoms with Crippen LogP contribution in [0.25, 0.3) is 0 Å². The normalized spacial score (nSPS) is 17.1. The number of thioether (sulfide) groups is 2.